The van der Waals surface area contributed by atoms with E-state index < -0.39 is 0 Å². The third-order valence-electron chi connectivity index (χ3n) is 5.38. The van der Waals surface area contributed by atoms with E-state index in [0.717, 1.165) is 46.4 Å². The molecule has 0 aliphatic heterocycles. The van der Waals surface area contributed by atoms with Gasteiger partial charge < -0.3 is 9.72 Å². The summed E-state index contributed by atoms with van der Waals surface area (Å²) in [5.41, 5.74) is 3.31. The first-order valence-corrected chi connectivity index (χ1v) is 11.1. The topological polar surface area (TPSA) is 55.0 Å². The van der Waals surface area contributed by atoms with Crippen LogP contribution in [0.3, 0.4) is 0 Å². The van der Waals surface area contributed by atoms with Gasteiger partial charge in [0.15, 0.2) is 0 Å². The molecule has 1 aliphatic rings. The lowest BCUT2D eigenvalue weighted by molar-refractivity contribution is 0.306. The molecular weight excluding hydrogens is 392 g/mol. The largest absolute Gasteiger partial charge is 0.489 e. The molecule has 30 heavy (non-hydrogen) atoms. The van der Waals surface area contributed by atoms with Gasteiger partial charge in [-0.1, -0.05) is 48.5 Å². The molecule has 0 atom stereocenters. The van der Waals surface area contributed by atoms with Crippen LogP contribution in [0, 0.1) is 0 Å². The van der Waals surface area contributed by atoms with Gasteiger partial charge in [0.05, 0.1) is 5.39 Å². The number of rotatable bonds is 5. The molecule has 5 heteroatoms. The van der Waals surface area contributed by atoms with Crippen LogP contribution in [0.1, 0.15) is 40.2 Å². The Balaban J connectivity index is 1.36. The Kier molecular flexibility index (Phi) is 5.20. The highest BCUT2D eigenvalue weighted by molar-refractivity contribution is 7.18. The summed E-state index contributed by atoms with van der Waals surface area (Å²) in [6.45, 7) is 0.530. The predicted molar refractivity (Wildman–Crippen MR) is 123 cm³/mol. The second kappa shape index (κ2) is 8.28. The zero-order valence-electron chi connectivity index (χ0n) is 16.6. The van der Waals surface area contributed by atoms with Crippen LogP contribution in [-0.4, -0.2) is 9.97 Å². The number of aryl methyl sites for hydroxylation is 2. The molecule has 1 aliphatic carbocycles. The SMILES string of the molecule is O=c1[nH]c(C=Cc2cccc(OCc3ccccc3)c2)nc2sc3c(c12)CCCC3. The summed E-state index contributed by atoms with van der Waals surface area (Å²) >= 11 is 1.67. The Labute approximate surface area is 178 Å². The van der Waals surface area contributed by atoms with Crippen molar-refractivity contribution >= 4 is 33.7 Å². The van der Waals surface area contributed by atoms with E-state index in [1.165, 1.54) is 16.9 Å². The number of hydrogen-bond donors (Lipinski definition) is 1. The quantitative estimate of drug-likeness (QED) is 0.462. The summed E-state index contributed by atoms with van der Waals surface area (Å²) in [5, 5.41) is 0.795. The number of nitrogens with one attached hydrogen (secondary N) is 1. The van der Waals surface area contributed by atoms with E-state index in [1.807, 2.05) is 66.7 Å². The van der Waals surface area contributed by atoms with Crippen LogP contribution < -0.4 is 10.3 Å². The van der Waals surface area contributed by atoms with E-state index in [1.54, 1.807) is 11.3 Å². The van der Waals surface area contributed by atoms with E-state index in [9.17, 15) is 4.79 Å². The predicted octanol–water partition coefficient (Wildman–Crippen LogP) is 5.61. The average Bonchev–Trinajstić information content (AvgIpc) is 3.16. The highest BCUT2D eigenvalue weighted by Crippen LogP contribution is 2.33. The van der Waals surface area contributed by atoms with Crippen molar-refractivity contribution in [3.8, 4) is 5.75 Å². The Morgan fingerprint density at radius 3 is 2.80 bits per heavy atom. The minimum Gasteiger partial charge on any atom is -0.489 e. The van der Waals surface area contributed by atoms with E-state index in [-0.39, 0.29) is 5.56 Å². The van der Waals surface area contributed by atoms with Crippen molar-refractivity contribution in [3.63, 3.8) is 0 Å². The molecule has 0 radical (unpaired) electrons. The van der Waals surface area contributed by atoms with Crippen molar-refractivity contribution in [2.24, 2.45) is 0 Å². The number of fused-ring (bicyclic) bond motifs is 3. The zero-order valence-corrected chi connectivity index (χ0v) is 17.4. The van der Waals surface area contributed by atoms with Crippen molar-refractivity contribution in [2.45, 2.75) is 32.3 Å². The van der Waals surface area contributed by atoms with Gasteiger partial charge in [0.25, 0.3) is 5.56 Å². The smallest absolute Gasteiger partial charge is 0.260 e. The van der Waals surface area contributed by atoms with E-state index in [4.69, 9.17) is 9.72 Å². The molecule has 0 unspecified atom stereocenters. The summed E-state index contributed by atoms with van der Waals surface area (Å²) in [6, 6.07) is 18.0. The molecule has 0 spiro atoms. The van der Waals surface area contributed by atoms with Crippen LogP contribution in [0.5, 0.6) is 5.75 Å². The minimum absolute atomic E-state index is 0.0287. The number of nitrogens with zero attached hydrogens (tertiary/aromatic N) is 1. The molecule has 0 amide bonds. The highest BCUT2D eigenvalue weighted by Gasteiger charge is 2.19. The van der Waals surface area contributed by atoms with Crippen LogP contribution in [0.15, 0.2) is 59.4 Å². The van der Waals surface area contributed by atoms with Gasteiger partial charge in [-0.05, 0) is 60.6 Å². The van der Waals surface area contributed by atoms with Crippen molar-refractivity contribution in [1.29, 1.82) is 0 Å². The molecule has 0 saturated heterocycles. The molecular formula is C25H22N2O2S. The van der Waals surface area contributed by atoms with Gasteiger partial charge in [-0.3, -0.25) is 4.79 Å². The third-order valence-corrected chi connectivity index (χ3v) is 6.57. The number of benzene rings is 2. The molecule has 4 aromatic rings. The zero-order chi connectivity index (χ0) is 20.3. The fourth-order valence-corrected chi connectivity index (χ4v) is 5.15. The van der Waals surface area contributed by atoms with Gasteiger partial charge in [0.2, 0.25) is 0 Å². The van der Waals surface area contributed by atoms with Gasteiger partial charge in [0, 0.05) is 4.88 Å². The van der Waals surface area contributed by atoms with Gasteiger partial charge in [0.1, 0.15) is 23.0 Å². The molecule has 0 saturated carbocycles. The number of aromatic nitrogens is 2. The van der Waals surface area contributed by atoms with Gasteiger partial charge >= 0.3 is 0 Å². The summed E-state index contributed by atoms with van der Waals surface area (Å²) in [4.78, 5) is 22.5. The summed E-state index contributed by atoms with van der Waals surface area (Å²) < 4.78 is 5.90. The molecule has 150 valence electrons. The normalized spacial score (nSPS) is 13.6. The molecule has 2 aromatic heterocycles. The fraction of sp³-hybridized carbons (Fsp3) is 0.200. The van der Waals surface area contributed by atoms with Crippen molar-refractivity contribution < 1.29 is 4.74 Å². The lowest BCUT2D eigenvalue weighted by Gasteiger charge is -2.09. The van der Waals surface area contributed by atoms with Crippen LogP contribution in [0.4, 0.5) is 0 Å². The number of aromatic amines is 1. The monoisotopic (exact) mass is 414 g/mol. The highest BCUT2D eigenvalue weighted by atomic mass is 32.1. The van der Waals surface area contributed by atoms with Gasteiger partial charge in [-0.15, -0.1) is 11.3 Å². The Bertz CT molecular complexity index is 1270. The molecule has 2 aromatic carbocycles. The van der Waals surface area contributed by atoms with E-state index >= 15 is 0 Å². The standard InChI is InChI=1S/C25H22N2O2S/c28-24-23-20-11-4-5-12-21(20)30-25(23)27-22(26-24)14-13-17-9-6-10-19(15-17)29-16-18-7-2-1-3-8-18/h1-3,6-10,13-15H,4-5,11-12,16H2,(H,26,27,28). The van der Waals surface area contributed by atoms with Crippen molar-refractivity contribution in [2.75, 3.05) is 0 Å². The number of thiophene rings is 1. The Morgan fingerprint density at radius 1 is 1.03 bits per heavy atom. The molecule has 0 bridgehead atoms. The van der Waals surface area contributed by atoms with Crippen molar-refractivity contribution in [3.05, 3.63) is 92.3 Å². The number of hydrogen-bond acceptors (Lipinski definition) is 4. The van der Waals surface area contributed by atoms with E-state index in [0.29, 0.717) is 12.4 Å². The molecule has 0 fully saturated rings. The second-order valence-electron chi connectivity index (χ2n) is 7.52. The molecule has 1 N–H and O–H groups in total. The summed E-state index contributed by atoms with van der Waals surface area (Å²) in [7, 11) is 0. The minimum atomic E-state index is -0.0287. The Morgan fingerprint density at radius 2 is 1.90 bits per heavy atom. The van der Waals surface area contributed by atoms with Gasteiger partial charge in [-0.2, -0.15) is 0 Å². The molecule has 4 nitrogen and oxygen atoms in total. The first-order valence-electron chi connectivity index (χ1n) is 10.3. The first-order chi connectivity index (χ1) is 14.8. The summed E-state index contributed by atoms with van der Waals surface area (Å²) in [5.74, 6) is 1.39. The maximum Gasteiger partial charge on any atom is 0.260 e. The van der Waals surface area contributed by atoms with Crippen LogP contribution in [0.25, 0.3) is 22.4 Å². The molecule has 2 heterocycles. The van der Waals surface area contributed by atoms with E-state index in [2.05, 4.69) is 4.98 Å². The third kappa shape index (κ3) is 3.94. The van der Waals surface area contributed by atoms with Gasteiger partial charge in [-0.25, -0.2) is 4.98 Å². The second-order valence-corrected chi connectivity index (χ2v) is 8.61. The lowest BCUT2D eigenvalue weighted by atomic mass is 9.97. The Hall–Kier alpha value is -3.18. The first kappa shape index (κ1) is 18.8. The van der Waals surface area contributed by atoms with Crippen LogP contribution in [-0.2, 0) is 19.4 Å². The van der Waals surface area contributed by atoms with Crippen LogP contribution >= 0.6 is 11.3 Å². The fourth-order valence-electron chi connectivity index (χ4n) is 3.88. The summed E-state index contributed by atoms with van der Waals surface area (Å²) in [6.07, 6.45) is 8.22. The molecule has 5 rings (SSSR count). The maximum absolute atomic E-state index is 12.7. The number of ether oxygens (including phenoxy) is 1. The van der Waals surface area contributed by atoms with Crippen molar-refractivity contribution in [1.82, 2.24) is 9.97 Å². The lowest BCUT2D eigenvalue weighted by Crippen LogP contribution is -2.11. The maximum atomic E-state index is 12.7. The van der Waals surface area contributed by atoms with Crippen LogP contribution in [0.2, 0.25) is 0 Å². The number of H-pyrrole nitrogens is 1. The average molecular weight is 415 g/mol.